The Morgan fingerprint density at radius 2 is 1.78 bits per heavy atom. The standard InChI is InChI=1S/C17H13N3O3/c18-14-9-8-12(10-16(14)20(22)23)17(21)19-15-7-3-5-11-4-1-2-6-13(11)15/h1-10H,18H2,(H,19,21). The van der Waals surface area contributed by atoms with E-state index >= 15 is 0 Å². The highest BCUT2D eigenvalue weighted by molar-refractivity contribution is 6.09. The lowest BCUT2D eigenvalue weighted by molar-refractivity contribution is -0.383. The Labute approximate surface area is 131 Å². The number of nitrogen functional groups attached to an aromatic ring is 1. The fourth-order valence-electron chi connectivity index (χ4n) is 2.37. The van der Waals surface area contributed by atoms with E-state index in [-0.39, 0.29) is 16.9 Å². The smallest absolute Gasteiger partial charge is 0.292 e. The number of amides is 1. The van der Waals surface area contributed by atoms with E-state index in [0.29, 0.717) is 5.69 Å². The molecule has 0 radical (unpaired) electrons. The number of nitrogens with two attached hydrogens (primary N) is 1. The van der Waals surface area contributed by atoms with Gasteiger partial charge in [-0.2, -0.15) is 0 Å². The second-order valence-electron chi connectivity index (χ2n) is 5.01. The molecule has 6 heteroatoms. The van der Waals surface area contributed by atoms with Gasteiger partial charge in [0.05, 0.1) is 4.92 Å². The maximum absolute atomic E-state index is 12.4. The molecule has 3 aromatic rings. The topological polar surface area (TPSA) is 98.3 Å². The molecule has 0 unspecified atom stereocenters. The molecule has 114 valence electrons. The molecular formula is C17H13N3O3. The summed E-state index contributed by atoms with van der Waals surface area (Å²) in [5.74, 6) is -0.426. The van der Waals surface area contributed by atoms with E-state index in [1.165, 1.54) is 18.2 Å². The first kappa shape index (κ1) is 14.5. The Balaban J connectivity index is 1.95. The lowest BCUT2D eigenvalue weighted by Crippen LogP contribution is -2.12. The number of nitrogens with zero attached hydrogens (tertiary/aromatic N) is 1. The highest BCUT2D eigenvalue weighted by Crippen LogP contribution is 2.25. The van der Waals surface area contributed by atoms with Crippen molar-refractivity contribution in [1.82, 2.24) is 0 Å². The molecule has 3 rings (SSSR count). The van der Waals surface area contributed by atoms with E-state index in [1.54, 1.807) is 6.07 Å². The second kappa shape index (κ2) is 5.76. The number of benzene rings is 3. The van der Waals surface area contributed by atoms with Crippen molar-refractivity contribution < 1.29 is 9.72 Å². The molecule has 0 spiro atoms. The van der Waals surface area contributed by atoms with Crippen LogP contribution in [0.3, 0.4) is 0 Å². The van der Waals surface area contributed by atoms with Crippen LogP contribution in [0.15, 0.2) is 60.7 Å². The van der Waals surface area contributed by atoms with Gasteiger partial charge in [-0.25, -0.2) is 0 Å². The monoisotopic (exact) mass is 307 g/mol. The highest BCUT2D eigenvalue weighted by Gasteiger charge is 2.16. The SMILES string of the molecule is Nc1ccc(C(=O)Nc2cccc3ccccc23)cc1[N+](=O)[O-]. The van der Waals surface area contributed by atoms with Crippen LogP contribution >= 0.6 is 0 Å². The fourth-order valence-corrected chi connectivity index (χ4v) is 2.37. The van der Waals surface area contributed by atoms with Crippen LogP contribution in [0.1, 0.15) is 10.4 Å². The lowest BCUT2D eigenvalue weighted by Gasteiger charge is -2.09. The summed E-state index contributed by atoms with van der Waals surface area (Å²) in [6.45, 7) is 0. The number of nitrogens with one attached hydrogen (secondary N) is 1. The number of rotatable bonds is 3. The Hall–Kier alpha value is -3.41. The van der Waals surface area contributed by atoms with Crippen molar-refractivity contribution in [3.8, 4) is 0 Å². The maximum Gasteiger partial charge on any atom is 0.292 e. The van der Waals surface area contributed by atoms with Gasteiger partial charge in [-0.3, -0.25) is 14.9 Å². The van der Waals surface area contributed by atoms with E-state index < -0.39 is 10.8 Å². The van der Waals surface area contributed by atoms with Crippen LogP contribution in [0.4, 0.5) is 17.1 Å². The fraction of sp³-hybridized carbons (Fsp3) is 0. The van der Waals surface area contributed by atoms with Gasteiger partial charge in [-0.05, 0) is 23.6 Å². The molecule has 0 aliphatic rings. The molecule has 3 aromatic carbocycles. The molecule has 1 amide bonds. The summed E-state index contributed by atoms with van der Waals surface area (Å²) < 4.78 is 0. The third-order valence-electron chi connectivity index (χ3n) is 3.53. The summed E-state index contributed by atoms with van der Waals surface area (Å²) in [5, 5.41) is 15.6. The predicted molar refractivity (Wildman–Crippen MR) is 89.4 cm³/mol. The van der Waals surface area contributed by atoms with E-state index in [1.807, 2.05) is 36.4 Å². The van der Waals surface area contributed by atoms with Crippen molar-refractivity contribution >= 4 is 33.7 Å². The molecule has 0 fully saturated rings. The number of carbonyl (C=O) groups excluding carboxylic acids is 1. The third kappa shape index (κ3) is 2.82. The lowest BCUT2D eigenvalue weighted by atomic mass is 10.1. The van der Waals surface area contributed by atoms with Crippen LogP contribution < -0.4 is 11.1 Å². The zero-order chi connectivity index (χ0) is 16.4. The Morgan fingerprint density at radius 1 is 1.04 bits per heavy atom. The number of nitro groups is 1. The van der Waals surface area contributed by atoms with E-state index in [0.717, 1.165) is 10.8 Å². The largest absolute Gasteiger partial charge is 0.393 e. The number of fused-ring (bicyclic) bond motifs is 1. The number of anilines is 2. The summed E-state index contributed by atoms with van der Waals surface area (Å²) in [4.78, 5) is 22.7. The molecule has 3 N–H and O–H groups in total. The molecule has 0 bridgehead atoms. The second-order valence-corrected chi connectivity index (χ2v) is 5.01. The van der Waals surface area contributed by atoms with Gasteiger partial charge in [0.25, 0.3) is 11.6 Å². The summed E-state index contributed by atoms with van der Waals surface area (Å²) in [6, 6.07) is 17.2. The van der Waals surface area contributed by atoms with Crippen LogP contribution in [-0.4, -0.2) is 10.8 Å². The molecule has 0 aliphatic heterocycles. The molecule has 0 atom stereocenters. The minimum Gasteiger partial charge on any atom is -0.393 e. The number of carbonyl (C=O) groups is 1. The quantitative estimate of drug-likeness (QED) is 0.439. The molecule has 0 saturated heterocycles. The van der Waals surface area contributed by atoms with Crippen molar-refractivity contribution in [2.24, 2.45) is 0 Å². The molecule has 23 heavy (non-hydrogen) atoms. The highest BCUT2D eigenvalue weighted by atomic mass is 16.6. The minimum absolute atomic E-state index is 0.0247. The minimum atomic E-state index is -0.607. The summed E-state index contributed by atoms with van der Waals surface area (Å²) >= 11 is 0. The summed E-state index contributed by atoms with van der Waals surface area (Å²) in [7, 11) is 0. The number of hydrogen-bond acceptors (Lipinski definition) is 4. The summed E-state index contributed by atoms with van der Waals surface area (Å²) in [6.07, 6.45) is 0. The van der Waals surface area contributed by atoms with Crippen molar-refractivity contribution in [3.05, 3.63) is 76.3 Å². The van der Waals surface area contributed by atoms with Gasteiger partial charge < -0.3 is 11.1 Å². The van der Waals surface area contributed by atoms with Crippen LogP contribution in [0.2, 0.25) is 0 Å². The average molecular weight is 307 g/mol. The van der Waals surface area contributed by atoms with Crippen LogP contribution in [0.25, 0.3) is 10.8 Å². The maximum atomic E-state index is 12.4. The first-order valence-electron chi connectivity index (χ1n) is 6.89. The van der Waals surface area contributed by atoms with Gasteiger partial charge in [0, 0.05) is 22.7 Å². The van der Waals surface area contributed by atoms with Crippen molar-refractivity contribution in [2.75, 3.05) is 11.1 Å². The normalized spacial score (nSPS) is 10.4. The van der Waals surface area contributed by atoms with Crippen molar-refractivity contribution in [1.29, 1.82) is 0 Å². The molecule has 0 aliphatic carbocycles. The van der Waals surface area contributed by atoms with E-state index in [9.17, 15) is 14.9 Å². The predicted octanol–water partition coefficient (Wildman–Crippen LogP) is 3.58. The van der Waals surface area contributed by atoms with Gasteiger partial charge in [0.15, 0.2) is 0 Å². The zero-order valence-electron chi connectivity index (χ0n) is 12.0. The Morgan fingerprint density at radius 3 is 2.57 bits per heavy atom. The Bertz CT molecular complexity index is 917. The van der Waals surface area contributed by atoms with Crippen molar-refractivity contribution in [2.45, 2.75) is 0 Å². The van der Waals surface area contributed by atoms with Gasteiger partial charge in [0.1, 0.15) is 5.69 Å². The van der Waals surface area contributed by atoms with Crippen LogP contribution in [0.5, 0.6) is 0 Å². The average Bonchev–Trinajstić information content (AvgIpc) is 2.55. The van der Waals surface area contributed by atoms with Crippen LogP contribution in [-0.2, 0) is 0 Å². The molecule has 6 nitrogen and oxygen atoms in total. The van der Waals surface area contributed by atoms with Gasteiger partial charge in [-0.15, -0.1) is 0 Å². The number of nitro benzene ring substituents is 1. The molecule has 0 heterocycles. The van der Waals surface area contributed by atoms with Gasteiger partial charge in [-0.1, -0.05) is 36.4 Å². The first-order valence-corrected chi connectivity index (χ1v) is 6.89. The van der Waals surface area contributed by atoms with Crippen molar-refractivity contribution in [3.63, 3.8) is 0 Å². The third-order valence-corrected chi connectivity index (χ3v) is 3.53. The molecule has 0 saturated carbocycles. The van der Waals surface area contributed by atoms with Crippen LogP contribution in [0, 0.1) is 10.1 Å². The number of hydrogen-bond donors (Lipinski definition) is 2. The van der Waals surface area contributed by atoms with E-state index in [2.05, 4.69) is 5.32 Å². The molecule has 0 aromatic heterocycles. The Kier molecular flexibility index (Phi) is 3.64. The summed E-state index contributed by atoms with van der Waals surface area (Å²) in [5.41, 5.74) is 6.11. The zero-order valence-corrected chi connectivity index (χ0v) is 12.0. The molecular weight excluding hydrogens is 294 g/mol. The first-order chi connectivity index (χ1) is 11.1. The van der Waals surface area contributed by atoms with E-state index in [4.69, 9.17) is 5.73 Å². The van der Waals surface area contributed by atoms with Gasteiger partial charge >= 0.3 is 0 Å². The van der Waals surface area contributed by atoms with Gasteiger partial charge in [0.2, 0.25) is 0 Å².